The topological polar surface area (TPSA) is 89.9 Å². The maximum Gasteiger partial charge on any atom is 0.309 e. The predicted octanol–water partition coefficient (Wildman–Crippen LogP) is 5.52. The largest absolute Gasteiger partial charge is 0.481 e. The molecule has 0 aromatic rings. The quantitative estimate of drug-likeness (QED) is 0.221. The first-order chi connectivity index (χ1) is 14.0. The highest BCUT2D eigenvalue weighted by Crippen LogP contribution is 2.22. The van der Waals surface area contributed by atoms with Crippen LogP contribution >= 0.6 is 0 Å². The van der Waals surface area contributed by atoms with E-state index in [-0.39, 0.29) is 12.8 Å². The smallest absolute Gasteiger partial charge is 0.309 e. The van der Waals surface area contributed by atoms with Crippen molar-refractivity contribution in [2.45, 2.75) is 104 Å². The van der Waals surface area contributed by atoms with Gasteiger partial charge in [-0.15, -0.1) is 0 Å². The number of hydrogen-bond donors (Lipinski definition) is 1. The van der Waals surface area contributed by atoms with Crippen LogP contribution in [-0.4, -0.2) is 36.2 Å². The van der Waals surface area contributed by atoms with E-state index in [1.54, 1.807) is 6.92 Å². The number of carboxylic acids is 1. The SMILES string of the molecule is CCCCCCCOC(=O)CC(CC(CC)C(=O)O)C(=O)OCCCCCCC. The Morgan fingerprint density at radius 1 is 0.724 bits per heavy atom. The van der Waals surface area contributed by atoms with E-state index in [1.165, 1.54) is 6.42 Å². The van der Waals surface area contributed by atoms with Gasteiger partial charge in [0.15, 0.2) is 0 Å². The molecule has 0 rings (SSSR count). The van der Waals surface area contributed by atoms with Crippen LogP contribution in [-0.2, 0) is 23.9 Å². The van der Waals surface area contributed by atoms with E-state index in [9.17, 15) is 19.5 Å². The van der Waals surface area contributed by atoms with Gasteiger partial charge in [0.25, 0.3) is 0 Å². The van der Waals surface area contributed by atoms with Crippen molar-refractivity contribution in [1.82, 2.24) is 0 Å². The Bertz CT molecular complexity index is 449. The molecule has 0 aliphatic heterocycles. The van der Waals surface area contributed by atoms with Gasteiger partial charge in [-0.3, -0.25) is 14.4 Å². The fraction of sp³-hybridized carbons (Fsp3) is 0.870. The fourth-order valence-corrected chi connectivity index (χ4v) is 3.20. The number of carbonyl (C=O) groups excluding carboxylic acids is 2. The molecule has 0 aliphatic carbocycles. The van der Waals surface area contributed by atoms with E-state index in [2.05, 4.69) is 13.8 Å². The van der Waals surface area contributed by atoms with Crippen LogP contribution in [0.3, 0.4) is 0 Å². The van der Waals surface area contributed by atoms with Crippen molar-refractivity contribution in [1.29, 1.82) is 0 Å². The molecule has 0 heterocycles. The molecule has 0 radical (unpaired) electrons. The summed E-state index contributed by atoms with van der Waals surface area (Å²) in [6.45, 7) is 6.71. The number of esters is 2. The van der Waals surface area contributed by atoms with Crippen molar-refractivity contribution < 1.29 is 29.0 Å². The Morgan fingerprint density at radius 3 is 1.72 bits per heavy atom. The van der Waals surface area contributed by atoms with Gasteiger partial charge in [0.05, 0.1) is 31.5 Å². The number of carboxylic acid groups (broad SMARTS) is 1. The van der Waals surface area contributed by atoms with Crippen LogP contribution in [0.4, 0.5) is 0 Å². The zero-order chi connectivity index (χ0) is 21.9. The molecule has 0 aromatic heterocycles. The molecule has 0 bridgehead atoms. The second kappa shape index (κ2) is 18.4. The number of unbranched alkanes of at least 4 members (excludes halogenated alkanes) is 8. The van der Waals surface area contributed by atoms with Gasteiger partial charge in [-0.25, -0.2) is 0 Å². The number of rotatable bonds is 19. The Labute approximate surface area is 176 Å². The molecule has 0 aromatic carbocycles. The fourth-order valence-electron chi connectivity index (χ4n) is 3.20. The number of carbonyl (C=O) groups is 3. The third-order valence-electron chi connectivity index (χ3n) is 5.16. The third-order valence-corrected chi connectivity index (χ3v) is 5.16. The van der Waals surface area contributed by atoms with Crippen LogP contribution in [0, 0.1) is 11.8 Å². The van der Waals surface area contributed by atoms with E-state index < -0.39 is 29.7 Å². The van der Waals surface area contributed by atoms with Crippen LogP contribution in [0.15, 0.2) is 0 Å². The minimum absolute atomic E-state index is 0.103. The lowest BCUT2D eigenvalue weighted by Crippen LogP contribution is -2.27. The van der Waals surface area contributed by atoms with Gasteiger partial charge in [-0.05, 0) is 25.7 Å². The van der Waals surface area contributed by atoms with Crippen molar-refractivity contribution >= 4 is 17.9 Å². The maximum absolute atomic E-state index is 12.5. The Kier molecular flexibility index (Phi) is 17.4. The molecule has 29 heavy (non-hydrogen) atoms. The molecule has 0 aliphatic rings. The standard InChI is InChI=1S/C23H42O6/c1-4-7-9-11-13-15-28-21(24)18-20(17-19(6-3)22(25)26)23(27)29-16-14-12-10-8-5-2/h19-20H,4-18H2,1-3H3,(H,25,26). The second-order valence-corrected chi connectivity index (χ2v) is 7.80. The maximum atomic E-state index is 12.5. The lowest BCUT2D eigenvalue weighted by molar-refractivity contribution is -0.157. The van der Waals surface area contributed by atoms with Crippen LogP contribution < -0.4 is 0 Å². The molecule has 0 spiro atoms. The molecule has 0 saturated carbocycles. The summed E-state index contributed by atoms with van der Waals surface area (Å²) in [4.78, 5) is 36.0. The lowest BCUT2D eigenvalue weighted by atomic mass is 9.90. The zero-order valence-corrected chi connectivity index (χ0v) is 18.7. The number of ether oxygens (including phenoxy) is 2. The molecule has 0 fully saturated rings. The van der Waals surface area contributed by atoms with Crippen molar-refractivity contribution in [3.8, 4) is 0 Å². The Morgan fingerprint density at radius 2 is 1.24 bits per heavy atom. The molecule has 2 unspecified atom stereocenters. The third kappa shape index (κ3) is 15.0. The monoisotopic (exact) mass is 414 g/mol. The van der Waals surface area contributed by atoms with Gasteiger partial charge in [0.2, 0.25) is 0 Å². The predicted molar refractivity (Wildman–Crippen MR) is 114 cm³/mol. The van der Waals surface area contributed by atoms with Crippen LogP contribution in [0.2, 0.25) is 0 Å². The average molecular weight is 415 g/mol. The van der Waals surface area contributed by atoms with E-state index in [4.69, 9.17) is 9.47 Å². The molecule has 0 saturated heterocycles. The van der Waals surface area contributed by atoms with Crippen molar-refractivity contribution in [3.63, 3.8) is 0 Å². The normalized spacial score (nSPS) is 12.9. The highest BCUT2D eigenvalue weighted by Gasteiger charge is 2.29. The summed E-state index contributed by atoms with van der Waals surface area (Å²) >= 11 is 0. The minimum atomic E-state index is -0.950. The molecule has 0 amide bonds. The molecule has 1 N–H and O–H groups in total. The number of aliphatic carboxylic acids is 1. The minimum Gasteiger partial charge on any atom is -0.481 e. The van der Waals surface area contributed by atoms with Gasteiger partial charge >= 0.3 is 17.9 Å². The summed E-state index contributed by atoms with van der Waals surface area (Å²) < 4.78 is 10.6. The van der Waals surface area contributed by atoms with Crippen molar-refractivity contribution in [2.24, 2.45) is 11.8 Å². The summed E-state index contributed by atoms with van der Waals surface area (Å²) in [5, 5.41) is 9.31. The number of hydrogen-bond acceptors (Lipinski definition) is 5. The van der Waals surface area contributed by atoms with Gasteiger partial charge < -0.3 is 14.6 Å². The molecule has 170 valence electrons. The van der Waals surface area contributed by atoms with Crippen LogP contribution in [0.1, 0.15) is 104 Å². The molecule has 2 atom stereocenters. The first-order valence-electron chi connectivity index (χ1n) is 11.5. The van der Waals surface area contributed by atoms with E-state index >= 15 is 0 Å². The summed E-state index contributed by atoms with van der Waals surface area (Å²) in [6, 6.07) is 0. The molecular weight excluding hydrogens is 372 g/mol. The highest BCUT2D eigenvalue weighted by atomic mass is 16.5. The Hall–Kier alpha value is -1.59. The summed E-state index contributed by atoms with van der Waals surface area (Å²) in [5.41, 5.74) is 0. The highest BCUT2D eigenvalue weighted by molar-refractivity contribution is 5.81. The lowest BCUT2D eigenvalue weighted by Gasteiger charge is -2.19. The van der Waals surface area contributed by atoms with Gasteiger partial charge in [0.1, 0.15) is 0 Å². The summed E-state index contributed by atoms with van der Waals surface area (Å²) in [5.74, 6) is -3.32. The Balaban J connectivity index is 4.49. The average Bonchev–Trinajstić information content (AvgIpc) is 2.69. The van der Waals surface area contributed by atoms with Crippen LogP contribution in [0.25, 0.3) is 0 Å². The van der Waals surface area contributed by atoms with Gasteiger partial charge in [0, 0.05) is 0 Å². The van der Waals surface area contributed by atoms with Crippen LogP contribution in [0.5, 0.6) is 0 Å². The van der Waals surface area contributed by atoms with Gasteiger partial charge in [-0.1, -0.05) is 72.1 Å². The summed E-state index contributed by atoms with van der Waals surface area (Å²) in [7, 11) is 0. The molecular formula is C23H42O6. The summed E-state index contributed by atoms with van der Waals surface area (Å²) in [6.07, 6.45) is 10.9. The van der Waals surface area contributed by atoms with Crippen molar-refractivity contribution in [2.75, 3.05) is 13.2 Å². The first-order valence-corrected chi connectivity index (χ1v) is 11.5. The zero-order valence-electron chi connectivity index (χ0n) is 18.7. The first kappa shape index (κ1) is 27.4. The van der Waals surface area contributed by atoms with Crippen molar-refractivity contribution in [3.05, 3.63) is 0 Å². The van der Waals surface area contributed by atoms with E-state index in [1.807, 2.05) is 0 Å². The molecule has 6 nitrogen and oxygen atoms in total. The van der Waals surface area contributed by atoms with Gasteiger partial charge in [-0.2, -0.15) is 0 Å². The van der Waals surface area contributed by atoms with E-state index in [0.29, 0.717) is 19.6 Å². The van der Waals surface area contributed by atoms with E-state index in [0.717, 1.165) is 57.8 Å². The molecule has 6 heteroatoms. The second-order valence-electron chi connectivity index (χ2n) is 7.80.